The Morgan fingerprint density at radius 1 is 1.10 bits per heavy atom. The van der Waals surface area contributed by atoms with Crippen LogP contribution in [0.5, 0.6) is 0 Å². The SMILES string of the molecule is O=S(=O)(Nc1ccc(Cl)c(F)c1)c1cc(CO)ccc1Cl. The third-order valence-corrected chi connectivity index (χ3v) is 4.81. The Hall–Kier alpha value is -1.34. The van der Waals surface area contributed by atoms with Crippen LogP contribution in [0.1, 0.15) is 5.56 Å². The van der Waals surface area contributed by atoms with Gasteiger partial charge in [0.15, 0.2) is 0 Å². The minimum Gasteiger partial charge on any atom is -0.392 e. The molecule has 0 spiro atoms. The maximum absolute atomic E-state index is 13.3. The summed E-state index contributed by atoms with van der Waals surface area (Å²) in [6.45, 7) is -0.324. The van der Waals surface area contributed by atoms with Gasteiger partial charge < -0.3 is 5.11 Å². The van der Waals surface area contributed by atoms with Crippen LogP contribution in [-0.4, -0.2) is 13.5 Å². The Balaban J connectivity index is 2.40. The van der Waals surface area contributed by atoms with Gasteiger partial charge >= 0.3 is 0 Å². The fraction of sp³-hybridized carbons (Fsp3) is 0.0769. The molecule has 0 aliphatic heterocycles. The molecule has 0 aliphatic carbocycles. The van der Waals surface area contributed by atoms with E-state index in [0.717, 1.165) is 6.07 Å². The van der Waals surface area contributed by atoms with Crippen LogP contribution in [0.3, 0.4) is 0 Å². The fourth-order valence-electron chi connectivity index (χ4n) is 1.62. The van der Waals surface area contributed by atoms with Crippen molar-refractivity contribution in [3.05, 3.63) is 57.8 Å². The van der Waals surface area contributed by atoms with Crippen molar-refractivity contribution in [1.29, 1.82) is 0 Å². The quantitative estimate of drug-likeness (QED) is 0.888. The topological polar surface area (TPSA) is 66.4 Å². The molecular formula is C13H10Cl2FNO3S. The standard InChI is InChI=1S/C13H10Cl2FNO3S/c14-10-4-2-9(6-12(10)16)17-21(19,20)13-5-8(7-18)1-3-11(13)15/h1-6,17-18H,7H2. The van der Waals surface area contributed by atoms with E-state index in [1.54, 1.807) is 0 Å². The molecular weight excluding hydrogens is 340 g/mol. The molecule has 0 fully saturated rings. The first kappa shape index (κ1) is 16.0. The van der Waals surface area contributed by atoms with Crippen molar-refractivity contribution in [1.82, 2.24) is 0 Å². The molecule has 0 heterocycles. The van der Waals surface area contributed by atoms with Crippen molar-refractivity contribution in [3.63, 3.8) is 0 Å². The molecule has 8 heteroatoms. The van der Waals surface area contributed by atoms with Gasteiger partial charge in [-0.05, 0) is 35.9 Å². The van der Waals surface area contributed by atoms with E-state index >= 15 is 0 Å². The highest BCUT2D eigenvalue weighted by Crippen LogP contribution is 2.26. The molecule has 0 atom stereocenters. The summed E-state index contributed by atoms with van der Waals surface area (Å²) in [6, 6.07) is 7.64. The van der Waals surface area contributed by atoms with E-state index in [0.29, 0.717) is 5.56 Å². The first-order valence-corrected chi connectivity index (χ1v) is 7.94. The third kappa shape index (κ3) is 3.65. The summed E-state index contributed by atoms with van der Waals surface area (Å²) in [4.78, 5) is -0.203. The number of benzene rings is 2. The predicted molar refractivity (Wildman–Crippen MR) is 79.6 cm³/mol. The van der Waals surface area contributed by atoms with Crippen LogP contribution >= 0.6 is 23.2 Å². The van der Waals surface area contributed by atoms with Crippen LogP contribution in [-0.2, 0) is 16.6 Å². The van der Waals surface area contributed by atoms with Gasteiger partial charge in [-0.15, -0.1) is 0 Å². The Bertz CT molecular complexity index is 781. The molecule has 0 bridgehead atoms. The van der Waals surface area contributed by atoms with E-state index in [1.165, 1.54) is 30.3 Å². The predicted octanol–water partition coefficient (Wildman–Crippen LogP) is 3.43. The smallest absolute Gasteiger partial charge is 0.263 e. The summed E-state index contributed by atoms with van der Waals surface area (Å²) in [5, 5.41) is 8.93. The second-order valence-electron chi connectivity index (χ2n) is 4.16. The number of aliphatic hydroxyl groups excluding tert-OH is 1. The monoisotopic (exact) mass is 349 g/mol. The normalized spacial score (nSPS) is 11.4. The number of hydrogen-bond acceptors (Lipinski definition) is 3. The number of hydrogen-bond donors (Lipinski definition) is 2. The molecule has 112 valence electrons. The Kier molecular flexibility index (Phi) is 4.73. The zero-order chi connectivity index (χ0) is 15.6. The van der Waals surface area contributed by atoms with E-state index in [4.69, 9.17) is 28.3 Å². The molecule has 0 saturated carbocycles. The fourth-order valence-corrected chi connectivity index (χ4v) is 3.34. The van der Waals surface area contributed by atoms with Gasteiger partial charge in [0.25, 0.3) is 10.0 Å². The van der Waals surface area contributed by atoms with Crippen molar-refractivity contribution >= 4 is 38.9 Å². The van der Waals surface area contributed by atoms with Crippen molar-refractivity contribution in [3.8, 4) is 0 Å². The Morgan fingerprint density at radius 3 is 2.38 bits per heavy atom. The largest absolute Gasteiger partial charge is 0.392 e. The van der Waals surface area contributed by atoms with Gasteiger partial charge in [0.05, 0.1) is 22.3 Å². The van der Waals surface area contributed by atoms with Gasteiger partial charge in [0.2, 0.25) is 0 Å². The summed E-state index contributed by atoms with van der Waals surface area (Å²) in [7, 11) is -4.01. The van der Waals surface area contributed by atoms with Crippen LogP contribution in [0.25, 0.3) is 0 Å². The highest BCUT2D eigenvalue weighted by atomic mass is 35.5. The second-order valence-corrected chi connectivity index (χ2v) is 6.62. The number of rotatable bonds is 4. The lowest BCUT2D eigenvalue weighted by atomic mass is 10.2. The molecule has 0 aromatic heterocycles. The van der Waals surface area contributed by atoms with E-state index in [2.05, 4.69) is 4.72 Å². The van der Waals surface area contributed by atoms with Crippen molar-refractivity contribution in [2.75, 3.05) is 4.72 Å². The van der Waals surface area contributed by atoms with Gasteiger partial charge in [0, 0.05) is 0 Å². The van der Waals surface area contributed by atoms with Crippen LogP contribution in [0.2, 0.25) is 10.0 Å². The highest BCUT2D eigenvalue weighted by Gasteiger charge is 2.19. The molecule has 0 unspecified atom stereocenters. The van der Waals surface area contributed by atoms with Crippen molar-refractivity contribution in [2.24, 2.45) is 0 Å². The van der Waals surface area contributed by atoms with E-state index in [1.807, 2.05) is 0 Å². The average molecular weight is 350 g/mol. The average Bonchev–Trinajstić information content (AvgIpc) is 2.43. The molecule has 0 amide bonds. The van der Waals surface area contributed by atoms with Crippen LogP contribution < -0.4 is 4.72 Å². The van der Waals surface area contributed by atoms with Gasteiger partial charge in [-0.1, -0.05) is 29.3 Å². The zero-order valence-corrected chi connectivity index (χ0v) is 12.8. The van der Waals surface area contributed by atoms with Crippen LogP contribution in [0.4, 0.5) is 10.1 Å². The highest BCUT2D eigenvalue weighted by molar-refractivity contribution is 7.92. The summed E-state index contributed by atoms with van der Waals surface area (Å²) < 4.78 is 40.0. The molecule has 21 heavy (non-hydrogen) atoms. The molecule has 2 aromatic carbocycles. The minimum atomic E-state index is -4.01. The van der Waals surface area contributed by atoms with E-state index in [9.17, 15) is 12.8 Å². The number of aliphatic hydroxyl groups is 1. The molecule has 2 N–H and O–H groups in total. The Labute approximate surface area is 131 Å². The molecule has 0 aliphatic rings. The van der Waals surface area contributed by atoms with E-state index < -0.39 is 15.8 Å². The lowest BCUT2D eigenvalue weighted by molar-refractivity contribution is 0.281. The minimum absolute atomic E-state index is 0.00543. The number of sulfonamides is 1. The summed E-state index contributed by atoms with van der Waals surface area (Å²) in [5.74, 6) is -0.743. The molecule has 4 nitrogen and oxygen atoms in total. The van der Waals surface area contributed by atoms with Gasteiger partial charge in [-0.3, -0.25) is 4.72 Å². The van der Waals surface area contributed by atoms with Crippen LogP contribution in [0, 0.1) is 5.82 Å². The summed E-state index contributed by atoms with van der Waals surface area (Å²) in [6.07, 6.45) is 0. The first-order chi connectivity index (χ1) is 9.83. The van der Waals surface area contributed by atoms with Crippen molar-refractivity contribution < 1.29 is 17.9 Å². The second kappa shape index (κ2) is 6.19. The van der Waals surface area contributed by atoms with Crippen LogP contribution in [0.15, 0.2) is 41.3 Å². The van der Waals surface area contributed by atoms with E-state index in [-0.39, 0.29) is 27.2 Å². The molecule has 0 saturated heterocycles. The lowest BCUT2D eigenvalue weighted by Gasteiger charge is -2.11. The first-order valence-electron chi connectivity index (χ1n) is 5.70. The number of nitrogens with one attached hydrogen (secondary N) is 1. The van der Waals surface area contributed by atoms with Gasteiger partial charge in [0.1, 0.15) is 10.7 Å². The number of halogens is 3. The Morgan fingerprint density at radius 2 is 1.76 bits per heavy atom. The molecule has 2 aromatic rings. The van der Waals surface area contributed by atoms with Gasteiger partial charge in [-0.25, -0.2) is 12.8 Å². The summed E-state index contributed by atoms with van der Waals surface area (Å²) in [5.41, 5.74) is 0.407. The molecule has 0 radical (unpaired) electrons. The maximum Gasteiger partial charge on any atom is 0.263 e. The third-order valence-electron chi connectivity index (χ3n) is 2.64. The zero-order valence-electron chi connectivity index (χ0n) is 10.5. The number of anilines is 1. The lowest BCUT2D eigenvalue weighted by Crippen LogP contribution is -2.14. The molecule has 2 rings (SSSR count). The maximum atomic E-state index is 13.3. The summed E-state index contributed by atoms with van der Waals surface area (Å²) >= 11 is 11.4. The van der Waals surface area contributed by atoms with Crippen molar-refractivity contribution in [2.45, 2.75) is 11.5 Å². The van der Waals surface area contributed by atoms with Gasteiger partial charge in [-0.2, -0.15) is 0 Å².